The van der Waals surface area contributed by atoms with E-state index in [0.717, 1.165) is 24.1 Å². The first-order valence-corrected chi connectivity index (χ1v) is 7.94. The van der Waals surface area contributed by atoms with Crippen LogP contribution in [-0.2, 0) is 9.53 Å². The van der Waals surface area contributed by atoms with Crippen LogP contribution in [0.2, 0.25) is 0 Å². The molecule has 3 rings (SSSR count). The molecule has 110 valence electrons. The van der Waals surface area contributed by atoms with E-state index in [1.807, 2.05) is 35.7 Å². The Hall–Kier alpha value is -1.69. The first-order chi connectivity index (χ1) is 10.3. The monoisotopic (exact) mass is 302 g/mol. The largest absolute Gasteiger partial charge is 0.364 e. The Morgan fingerprint density at radius 2 is 2.24 bits per heavy atom. The van der Waals surface area contributed by atoms with E-state index in [1.54, 1.807) is 11.3 Å². The third-order valence-corrected chi connectivity index (χ3v) is 4.52. The van der Waals surface area contributed by atoms with Crippen LogP contribution in [0.25, 0.3) is 10.4 Å². The highest BCUT2D eigenvalue weighted by atomic mass is 32.1. The lowest BCUT2D eigenvalue weighted by molar-refractivity contribution is -0.126. The number of nitrogens with one attached hydrogen (secondary N) is 1. The summed E-state index contributed by atoms with van der Waals surface area (Å²) in [5.41, 5.74) is 7.47. The summed E-state index contributed by atoms with van der Waals surface area (Å²) in [6.45, 7) is 0.470. The first kappa shape index (κ1) is 14.3. The number of thiophene rings is 1. The van der Waals surface area contributed by atoms with Crippen LogP contribution >= 0.6 is 11.3 Å². The Balaban J connectivity index is 1.68. The lowest BCUT2D eigenvalue weighted by atomic mass is 10.1. The molecule has 21 heavy (non-hydrogen) atoms. The Morgan fingerprint density at radius 3 is 2.95 bits per heavy atom. The molecular formula is C16H18N2O2S. The van der Waals surface area contributed by atoms with E-state index in [2.05, 4.69) is 11.4 Å². The van der Waals surface area contributed by atoms with Gasteiger partial charge in [-0.05, 0) is 42.0 Å². The van der Waals surface area contributed by atoms with Crippen molar-refractivity contribution in [1.82, 2.24) is 0 Å². The van der Waals surface area contributed by atoms with Gasteiger partial charge in [-0.1, -0.05) is 18.2 Å². The molecule has 0 unspecified atom stereocenters. The number of carbonyl (C=O) groups excluding carboxylic acids is 1. The normalized spacial score (nSPS) is 21.4. The van der Waals surface area contributed by atoms with Crippen LogP contribution in [0.5, 0.6) is 0 Å². The maximum atomic E-state index is 12.2. The van der Waals surface area contributed by atoms with E-state index < -0.39 is 0 Å². The van der Waals surface area contributed by atoms with Gasteiger partial charge in [-0.25, -0.2) is 0 Å². The van der Waals surface area contributed by atoms with Gasteiger partial charge in [0.2, 0.25) is 0 Å². The molecule has 1 fully saturated rings. The molecule has 0 saturated carbocycles. The Bertz CT molecular complexity index is 612. The highest BCUT2D eigenvalue weighted by molar-refractivity contribution is 7.13. The fraction of sp³-hybridized carbons (Fsp3) is 0.312. The van der Waals surface area contributed by atoms with Crippen molar-refractivity contribution in [3.05, 3.63) is 41.8 Å². The third kappa shape index (κ3) is 3.32. The number of benzene rings is 1. The van der Waals surface area contributed by atoms with Gasteiger partial charge < -0.3 is 15.8 Å². The topological polar surface area (TPSA) is 64.4 Å². The molecule has 4 nitrogen and oxygen atoms in total. The zero-order valence-electron chi connectivity index (χ0n) is 11.6. The van der Waals surface area contributed by atoms with Crippen molar-refractivity contribution < 1.29 is 9.53 Å². The van der Waals surface area contributed by atoms with Crippen molar-refractivity contribution in [2.75, 3.05) is 11.9 Å². The maximum absolute atomic E-state index is 12.2. The number of rotatable bonds is 4. The van der Waals surface area contributed by atoms with Crippen molar-refractivity contribution in [3.63, 3.8) is 0 Å². The zero-order valence-corrected chi connectivity index (χ0v) is 12.4. The average molecular weight is 302 g/mol. The molecule has 1 amide bonds. The molecule has 0 spiro atoms. The van der Waals surface area contributed by atoms with Crippen LogP contribution in [-0.4, -0.2) is 24.7 Å². The number of carbonyl (C=O) groups is 1. The molecular weight excluding hydrogens is 284 g/mol. The van der Waals surface area contributed by atoms with Gasteiger partial charge in [-0.2, -0.15) is 0 Å². The summed E-state index contributed by atoms with van der Waals surface area (Å²) in [5.74, 6) is -0.0886. The molecule has 1 aromatic carbocycles. The molecule has 1 aromatic heterocycles. The van der Waals surface area contributed by atoms with Crippen LogP contribution in [0.4, 0.5) is 5.69 Å². The Kier molecular flexibility index (Phi) is 4.34. The predicted octanol–water partition coefficient (Wildman–Crippen LogP) is 2.86. The summed E-state index contributed by atoms with van der Waals surface area (Å²) in [5, 5.41) is 4.97. The maximum Gasteiger partial charge on any atom is 0.253 e. The van der Waals surface area contributed by atoms with Gasteiger partial charge in [0.05, 0.1) is 6.10 Å². The quantitative estimate of drug-likeness (QED) is 0.913. The minimum atomic E-state index is -0.385. The van der Waals surface area contributed by atoms with Gasteiger partial charge in [-0.15, -0.1) is 11.3 Å². The van der Waals surface area contributed by atoms with Crippen LogP contribution in [0, 0.1) is 0 Å². The van der Waals surface area contributed by atoms with E-state index >= 15 is 0 Å². The van der Waals surface area contributed by atoms with Crippen molar-refractivity contribution in [3.8, 4) is 10.4 Å². The second kappa shape index (κ2) is 6.39. The van der Waals surface area contributed by atoms with E-state index in [-0.39, 0.29) is 18.1 Å². The van der Waals surface area contributed by atoms with Crippen LogP contribution in [0.1, 0.15) is 12.8 Å². The lowest BCUT2D eigenvalue weighted by Crippen LogP contribution is -2.29. The van der Waals surface area contributed by atoms with Crippen molar-refractivity contribution in [2.45, 2.75) is 25.0 Å². The van der Waals surface area contributed by atoms with E-state index in [9.17, 15) is 4.79 Å². The molecule has 1 aliphatic rings. The fourth-order valence-corrected chi connectivity index (χ4v) is 3.21. The molecule has 3 N–H and O–H groups in total. The van der Waals surface area contributed by atoms with E-state index in [0.29, 0.717) is 6.54 Å². The molecule has 1 aliphatic heterocycles. The van der Waals surface area contributed by atoms with Gasteiger partial charge in [0.15, 0.2) is 0 Å². The summed E-state index contributed by atoms with van der Waals surface area (Å²) in [4.78, 5) is 13.4. The Morgan fingerprint density at radius 1 is 1.33 bits per heavy atom. The SMILES string of the molecule is NC[C@H]1CC[C@@H](C(=O)Nc2cccc(-c3cccs3)c2)O1. The van der Waals surface area contributed by atoms with Crippen molar-refractivity contribution in [1.29, 1.82) is 0 Å². The number of ether oxygens (including phenoxy) is 1. The van der Waals surface area contributed by atoms with Gasteiger partial charge in [0, 0.05) is 17.1 Å². The van der Waals surface area contributed by atoms with Gasteiger partial charge >= 0.3 is 0 Å². The molecule has 0 aliphatic carbocycles. The zero-order chi connectivity index (χ0) is 14.7. The summed E-state index contributed by atoms with van der Waals surface area (Å²) in [6.07, 6.45) is 1.21. The van der Waals surface area contributed by atoms with Gasteiger partial charge in [-0.3, -0.25) is 4.79 Å². The first-order valence-electron chi connectivity index (χ1n) is 7.06. The minimum absolute atomic E-state index is 0.0122. The smallest absolute Gasteiger partial charge is 0.253 e. The van der Waals surface area contributed by atoms with Crippen LogP contribution in [0.15, 0.2) is 41.8 Å². The molecule has 0 radical (unpaired) electrons. The summed E-state index contributed by atoms with van der Waals surface area (Å²) in [6, 6.07) is 12.0. The second-order valence-electron chi connectivity index (χ2n) is 5.11. The number of hydrogen-bond acceptors (Lipinski definition) is 4. The minimum Gasteiger partial charge on any atom is -0.364 e. The number of amides is 1. The average Bonchev–Trinajstić information content (AvgIpc) is 3.19. The van der Waals surface area contributed by atoms with Crippen LogP contribution < -0.4 is 11.1 Å². The highest BCUT2D eigenvalue weighted by Crippen LogP contribution is 2.27. The van der Waals surface area contributed by atoms with Crippen LogP contribution in [0.3, 0.4) is 0 Å². The highest BCUT2D eigenvalue weighted by Gasteiger charge is 2.29. The number of nitrogens with two attached hydrogens (primary N) is 1. The molecule has 2 atom stereocenters. The van der Waals surface area contributed by atoms with Gasteiger partial charge in [0.1, 0.15) is 6.10 Å². The van der Waals surface area contributed by atoms with E-state index in [1.165, 1.54) is 4.88 Å². The number of anilines is 1. The molecule has 5 heteroatoms. The standard InChI is InChI=1S/C16H18N2O2S/c17-10-13-6-7-14(20-13)16(19)18-12-4-1-3-11(9-12)15-5-2-8-21-15/h1-5,8-9,13-14H,6-7,10,17H2,(H,18,19)/t13-,14+/m1/s1. The molecule has 2 heterocycles. The Labute approximate surface area is 127 Å². The summed E-state index contributed by atoms with van der Waals surface area (Å²) < 4.78 is 5.61. The summed E-state index contributed by atoms with van der Waals surface area (Å²) in [7, 11) is 0. The van der Waals surface area contributed by atoms with Crippen molar-refractivity contribution >= 4 is 22.9 Å². The van der Waals surface area contributed by atoms with Gasteiger partial charge in [0.25, 0.3) is 5.91 Å². The van der Waals surface area contributed by atoms with Crippen molar-refractivity contribution in [2.24, 2.45) is 5.73 Å². The summed E-state index contributed by atoms with van der Waals surface area (Å²) >= 11 is 1.68. The fourth-order valence-electron chi connectivity index (χ4n) is 2.49. The predicted molar refractivity (Wildman–Crippen MR) is 85.3 cm³/mol. The van der Waals surface area contributed by atoms with E-state index in [4.69, 9.17) is 10.5 Å². The molecule has 0 bridgehead atoms. The molecule has 1 saturated heterocycles. The lowest BCUT2D eigenvalue weighted by Gasteiger charge is -2.13. The third-order valence-electron chi connectivity index (χ3n) is 3.60. The second-order valence-corrected chi connectivity index (χ2v) is 6.05. The number of hydrogen-bond donors (Lipinski definition) is 2. The molecule has 2 aromatic rings.